The maximum absolute atomic E-state index is 12.3. The van der Waals surface area contributed by atoms with E-state index in [1.807, 2.05) is 13.0 Å². The Morgan fingerprint density at radius 2 is 2.00 bits per heavy atom. The first-order valence-electron chi connectivity index (χ1n) is 8.34. The molecule has 0 aliphatic rings. The second-order valence-electron chi connectivity index (χ2n) is 5.86. The normalized spacial score (nSPS) is 11.8. The summed E-state index contributed by atoms with van der Waals surface area (Å²) in [7, 11) is 0. The minimum atomic E-state index is -0.498. The molecule has 0 saturated heterocycles. The lowest BCUT2D eigenvalue weighted by Gasteiger charge is -2.17. The van der Waals surface area contributed by atoms with Gasteiger partial charge in [0.1, 0.15) is 5.75 Å². The van der Waals surface area contributed by atoms with Gasteiger partial charge in [0.25, 0.3) is 5.91 Å². The zero-order valence-electron chi connectivity index (χ0n) is 14.2. The Morgan fingerprint density at radius 1 is 1.21 bits per heavy atom. The number of hydrogen-bond donors (Lipinski definition) is 1. The Labute approximate surface area is 149 Å². The molecule has 128 valence electrons. The SMILES string of the molecule is CC[C@@H](Oc1cccc(Cl)c1)C(=O)NCCCc1cccc(C)c1. The number of nitrogens with one attached hydrogen (secondary N) is 1. The van der Waals surface area contributed by atoms with E-state index in [1.165, 1.54) is 11.1 Å². The molecule has 0 radical (unpaired) electrons. The number of amides is 1. The highest BCUT2D eigenvalue weighted by molar-refractivity contribution is 6.30. The van der Waals surface area contributed by atoms with E-state index in [-0.39, 0.29) is 5.91 Å². The molecule has 2 aromatic rings. The molecule has 0 aliphatic carbocycles. The molecule has 0 bridgehead atoms. The number of carbonyl (C=O) groups is 1. The molecule has 0 unspecified atom stereocenters. The molecule has 1 amide bonds. The van der Waals surface area contributed by atoms with Crippen molar-refractivity contribution >= 4 is 17.5 Å². The first-order valence-corrected chi connectivity index (χ1v) is 8.71. The lowest BCUT2D eigenvalue weighted by Crippen LogP contribution is -2.38. The molecular weight excluding hydrogens is 322 g/mol. The minimum absolute atomic E-state index is 0.0817. The van der Waals surface area contributed by atoms with E-state index in [0.717, 1.165) is 12.8 Å². The van der Waals surface area contributed by atoms with Gasteiger partial charge in [-0.25, -0.2) is 0 Å². The molecule has 0 aromatic heterocycles. The summed E-state index contributed by atoms with van der Waals surface area (Å²) in [6.07, 6.45) is 1.97. The molecule has 0 heterocycles. The quantitative estimate of drug-likeness (QED) is 0.712. The number of halogens is 1. The van der Waals surface area contributed by atoms with Crippen molar-refractivity contribution in [1.82, 2.24) is 5.32 Å². The third kappa shape index (κ3) is 5.89. The van der Waals surface area contributed by atoms with Crippen LogP contribution in [0.1, 0.15) is 30.9 Å². The number of aryl methyl sites for hydroxylation is 2. The maximum atomic E-state index is 12.3. The van der Waals surface area contributed by atoms with Crippen LogP contribution < -0.4 is 10.1 Å². The lowest BCUT2D eigenvalue weighted by molar-refractivity contribution is -0.128. The highest BCUT2D eigenvalue weighted by Gasteiger charge is 2.17. The van der Waals surface area contributed by atoms with Crippen molar-refractivity contribution in [3.05, 3.63) is 64.7 Å². The Balaban J connectivity index is 1.77. The highest BCUT2D eigenvalue weighted by atomic mass is 35.5. The van der Waals surface area contributed by atoms with Crippen molar-refractivity contribution in [2.75, 3.05) is 6.54 Å². The van der Waals surface area contributed by atoms with Crippen LogP contribution in [0.5, 0.6) is 5.75 Å². The largest absolute Gasteiger partial charge is 0.481 e. The van der Waals surface area contributed by atoms with Crippen molar-refractivity contribution in [3.8, 4) is 5.75 Å². The fraction of sp³-hybridized carbons (Fsp3) is 0.350. The van der Waals surface area contributed by atoms with Crippen LogP contribution in [0.3, 0.4) is 0 Å². The molecule has 24 heavy (non-hydrogen) atoms. The molecule has 1 N–H and O–H groups in total. The lowest BCUT2D eigenvalue weighted by atomic mass is 10.1. The first kappa shape index (κ1) is 18.3. The summed E-state index contributed by atoms with van der Waals surface area (Å²) in [5.74, 6) is 0.533. The van der Waals surface area contributed by atoms with E-state index >= 15 is 0 Å². The summed E-state index contributed by atoms with van der Waals surface area (Å²) < 4.78 is 5.74. The summed E-state index contributed by atoms with van der Waals surface area (Å²) in [6, 6.07) is 15.6. The van der Waals surface area contributed by atoms with Crippen molar-refractivity contribution < 1.29 is 9.53 Å². The number of benzene rings is 2. The number of rotatable bonds is 8. The van der Waals surface area contributed by atoms with Crippen LogP contribution in [-0.4, -0.2) is 18.6 Å². The third-order valence-corrected chi connectivity index (χ3v) is 4.00. The van der Waals surface area contributed by atoms with E-state index in [4.69, 9.17) is 16.3 Å². The van der Waals surface area contributed by atoms with E-state index in [9.17, 15) is 4.79 Å². The number of carbonyl (C=O) groups excluding carboxylic acids is 1. The van der Waals surface area contributed by atoms with Gasteiger partial charge in [0, 0.05) is 11.6 Å². The van der Waals surface area contributed by atoms with Gasteiger partial charge in [-0.3, -0.25) is 4.79 Å². The summed E-state index contributed by atoms with van der Waals surface area (Å²) in [4.78, 5) is 12.3. The second-order valence-corrected chi connectivity index (χ2v) is 6.29. The van der Waals surface area contributed by atoms with E-state index < -0.39 is 6.10 Å². The van der Waals surface area contributed by atoms with Gasteiger partial charge in [0.05, 0.1) is 0 Å². The highest BCUT2D eigenvalue weighted by Crippen LogP contribution is 2.19. The van der Waals surface area contributed by atoms with Gasteiger partial charge in [-0.1, -0.05) is 54.4 Å². The van der Waals surface area contributed by atoms with Gasteiger partial charge in [0.15, 0.2) is 6.10 Å². The van der Waals surface area contributed by atoms with Crippen LogP contribution in [-0.2, 0) is 11.2 Å². The van der Waals surface area contributed by atoms with Gasteiger partial charge >= 0.3 is 0 Å². The Kier molecular flexibility index (Phi) is 7.13. The van der Waals surface area contributed by atoms with Crippen molar-refractivity contribution in [3.63, 3.8) is 0 Å². The molecule has 0 fully saturated rings. The Hall–Kier alpha value is -2.00. The first-order chi connectivity index (χ1) is 11.6. The molecule has 4 heteroatoms. The summed E-state index contributed by atoms with van der Waals surface area (Å²) in [5, 5.41) is 3.55. The maximum Gasteiger partial charge on any atom is 0.261 e. The van der Waals surface area contributed by atoms with Crippen molar-refractivity contribution in [2.24, 2.45) is 0 Å². The molecule has 1 atom stereocenters. The standard InChI is InChI=1S/C20H24ClNO2/c1-3-19(24-18-11-5-10-17(21)14-18)20(23)22-12-6-9-16-8-4-7-15(2)13-16/h4-5,7-8,10-11,13-14,19H,3,6,9,12H2,1-2H3,(H,22,23)/t19-/m1/s1. The molecule has 3 nitrogen and oxygen atoms in total. The molecule has 2 rings (SSSR count). The molecule has 0 spiro atoms. The summed E-state index contributed by atoms with van der Waals surface area (Å²) >= 11 is 5.94. The molecule has 2 aromatic carbocycles. The summed E-state index contributed by atoms with van der Waals surface area (Å²) in [6.45, 7) is 4.66. The zero-order valence-corrected chi connectivity index (χ0v) is 15.0. The predicted octanol–water partition coefficient (Wildman–Crippen LogP) is 4.55. The second kappa shape index (κ2) is 9.33. The van der Waals surface area contributed by atoms with Crippen LogP contribution in [0.25, 0.3) is 0 Å². The average molecular weight is 346 g/mol. The van der Waals surface area contributed by atoms with Gasteiger partial charge in [-0.2, -0.15) is 0 Å². The smallest absolute Gasteiger partial charge is 0.261 e. The fourth-order valence-corrected chi connectivity index (χ4v) is 2.69. The van der Waals surface area contributed by atoms with Gasteiger partial charge in [0.2, 0.25) is 0 Å². The van der Waals surface area contributed by atoms with E-state index in [0.29, 0.717) is 23.7 Å². The van der Waals surface area contributed by atoms with Crippen LogP contribution in [0.15, 0.2) is 48.5 Å². The van der Waals surface area contributed by atoms with E-state index in [2.05, 4.69) is 36.5 Å². The number of hydrogen-bond acceptors (Lipinski definition) is 2. The van der Waals surface area contributed by atoms with Gasteiger partial charge in [-0.05, 0) is 49.9 Å². The molecule has 0 saturated carbocycles. The van der Waals surface area contributed by atoms with Crippen molar-refractivity contribution in [2.45, 2.75) is 39.2 Å². The Morgan fingerprint density at radius 3 is 2.71 bits per heavy atom. The fourth-order valence-electron chi connectivity index (χ4n) is 2.51. The molecular formula is C20H24ClNO2. The Bertz CT molecular complexity index is 672. The number of ether oxygens (including phenoxy) is 1. The topological polar surface area (TPSA) is 38.3 Å². The zero-order chi connectivity index (χ0) is 17.4. The van der Waals surface area contributed by atoms with E-state index in [1.54, 1.807) is 18.2 Å². The van der Waals surface area contributed by atoms with Crippen LogP contribution >= 0.6 is 11.6 Å². The monoisotopic (exact) mass is 345 g/mol. The van der Waals surface area contributed by atoms with Crippen molar-refractivity contribution in [1.29, 1.82) is 0 Å². The minimum Gasteiger partial charge on any atom is -0.481 e. The third-order valence-electron chi connectivity index (χ3n) is 3.76. The van der Waals surface area contributed by atoms with Gasteiger partial charge < -0.3 is 10.1 Å². The van der Waals surface area contributed by atoms with Crippen LogP contribution in [0.2, 0.25) is 5.02 Å². The predicted molar refractivity (Wildman–Crippen MR) is 98.7 cm³/mol. The van der Waals surface area contributed by atoms with Crippen LogP contribution in [0.4, 0.5) is 0 Å². The molecule has 0 aliphatic heterocycles. The van der Waals surface area contributed by atoms with Gasteiger partial charge in [-0.15, -0.1) is 0 Å². The van der Waals surface area contributed by atoms with Crippen LogP contribution in [0, 0.1) is 6.92 Å². The average Bonchev–Trinajstić information content (AvgIpc) is 2.56. The summed E-state index contributed by atoms with van der Waals surface area (Å²) in [5.41, 5.74) is 2.56.